The SMILES string of the molecule is O=C(NCC(=O)N1CC(O)C(O)C1)c1cccs1. The van der Waals surface area contributed by atoms with Crippen molar-refractivity contribution in [1.29, 1.82) is 0 Å². The highest BCUT2D eigenvalue weighted by Gasteiger charge is 2.32. The molecule has 1 aromatic heterocycles. The number of rotatable bonds is 3. The molecular formula is C11H14N2O4S. The number of nitrogens with zero attached hydrogens (tertiary/aromatic N) is 1. The number of hydrogen-bond donors (Lipinski definition) is 3. The molecule has 2 atom stereocenters. The van der Waals surface area contributed by atoms with Gasteiger partial charge in [-0.05, 0) is 11.4 Å². The molecular weight excluding hydrogens is 256 g/mol. The van der Waals surface area contributed by atoms with E-state index in [1.54, 1.807) is 17.5 Å². The molecule has 0 aliphatic carbocycles. The van der Waals surface area contributed by atoms with E-state index >= 15 is 0 Å². The van der Waals surface area contributed by atoms with Crippen LogP contribution in [0.5, 0.6) is 0 Å². The molecule has 1 aliphatic rings. The van der Waals surface area contributed by atoms with Gasteiger partial charge in [0.1, 0.15) is 0 Å². The zero-order chi connectivity index (χ0) is 13.1. The van der Waals surface area contributed by atoms with Crippen molar-refractivity contribution in [2.24, 2.45) is 0 Å². The average Bonchev–Trinajstić information content (AvgIpc) is 2.97. The van der Waals surface area contributed by atoms with E-state index in [1.807, 2.05) is 0 Å². The maximum absolute atomic E-state index is 11.7. The average molecular weight is 270 g/mol. The van der Waals surface area contributed by atoms with Gasteiger partial charge in [0.2, 0.25) is 5.91 Å². The van der Waals surface area contributed by atoms with Crippen molar-refractivity contribution in [3.8, 4) is 0 Å². The minimum Gasteiger partial charge on any atom is -0.388 e. The third-order valence-electron chi connectivity index (χ3n) is 2.76. The summed E-state index contributed by atoms with van der Waals surface area (Å²) in [5, 5.41) is 22.9. The van der Waals surface area contributed by atoms with Gasteiger partial charge in [0.25, 0.3) is 5.91 Å². The topological polar surface area (TPSA) is 89.9 Å². The van der Waals surface area contributed by atoms with Crippen LogP contribution < -0.4 is 5.32 Å². The standard InChI is InChI=1S/C11H14N2O4S/c14-7-5-13(6-8(7)15)10(16)4-12-11(17)9-2-1-3-18-9/h1-3,7-8,14-15H,4-6H2,(H,12,17). The molecule has 7 heteroatoms. The highest BCUT2D eigenvalue weighted by atomic mass is 32.1. The van der Waals surface area contributed by atoms with E-state index in [2.05, 4.69) is 5.32 Å². The Morgan fingerprint density at radius 1 is 1.39 bits per heavy atom. The van der Waals surface area contributed by atoms with Crippen molar-refractivity contribution in [2.75, 3.05) is 19.6 Å². The molecule has 2 rings (SSSR count). The Kier molecular flexibility index (Phi) is 3.95. The van der Waals surface area contributed by atoms with Crippen molar-refractivity contribution in [1.82, 2.24) is 10.2 Å². The van der Waals surface area contributed by atoms with Crippen molar-refractivity contribution < 1.29 is 19.8 Å². The van der Waals surface area contributed by atoms with E-state index < -0.39 is 12.2 Å². The predicted octanol–water partition coefficient (Wildman–Crippen LogP) is -0.958. The van der Waals surface area contributed by atoms with Crippen LogP contribution in [0.15, 0.2) is 17.5 Å². The quantitative estimate of drug-likeness (QED) is 0.660. The van der Waals surface area contributed by atoms with Crippen LogP contribution in [0.3, 0.4) is 0 Å². The van der Waals surface area contributed by atoms with Crippen LogP contribution >= 0.6 is 11.3 Å². The number of carbonyl (C=O) groups is 2. The lowest BCUT2D eigenvalue weighted by Crippen LogP contribution is -2.39. The van der Waals surface area contributed by atoms with E-state index in [0.717, 1.165) is 0 Å². The monoisotopic (exact) mass is 270 g/mol. The van der Waals surface area contributed by atoms with Crippen molar-refractivity contribution in [3.05, 3.63) is 22.4 Å². The second-order valence-corrected chi connectivity index (χ2v) is 5.04. The molecule has 2 heterocycles. The number of likely N-dealkylation sites (tertiary alicyclic amines) is 1. The smallest absolute Gasteiger partial charge is 0.261 e. The van der Waals surface area contributed by atoms with E-state index in [-0.39, 0.29) is 31.4 Å². The largest absolute Gasteiger partial charge is 0.388 e. The first-order valence-corrected chi connectivity index (χ1v) is 6.41. The number of carbonyl (C=O) groups excluding carboxylic acids is 2. The molecule has 1 aliphatic heterocycles. The summed E-state index contributed by atoms with van der Waals surface area (Å²) >= 11 is 1.30. The van der Waals surface area contributed by atoms with Crippen LogP contribution in [0.25, 0.3) is 0 Å². The Hall–Kier alpha value is -1.44. The van der Waals surface area contributed by atoms with Crippen LogP contribution in [-0.2, 0) is 4.79 Å². The van der Waals surface area contributed by atoms with Gasteiger partial charge in [-0.15, -0.1) is 11.3 Å². The molecule has 0 aromatic carbocycles. The molecule has 1 fully saturated rings. The Bertz CT molecular complexity index is 424. The molecule has 0 radical (unpaired) electrons. The highest BCUT2D eigenvalue weighted by Crippen LogP contribution is 2.10. The minimum atomic E-state index is -0.901. The number of amides is 2. The van der Waals surface area contributed by atoms with Crippen molar-refractivity contribution in [3.63, 3.8) is 0 Å². The molecule has 2 amide bonds. The van der Waals surface area contributed by atoms with Gasteiger partial charge in [0.05, 0.1) is 23.6 Å². The lowest BCUT2D eigenvalue weighted by atomic mass is 10.3. The lowest BCUT2D eigenvalue weighted by molar-refractivity contribution is -0.129. The van der Waals surface area contributed by atoms with Crippen LogP contribution in [0.2, 0.25) is 0 Å². The second kappa shape index (κ2) is 5.47. The van der Waals surface area contributed by atoms with Gasteiger partial charge < -0.3 is 20.4 Å². The van der Waals surface area contributed by atoms with E-state index in [1.165, 1.54) is 16.2 Å². The van der Waals surface area contributed by atoms with Gasteiger partial charge >= 0.3 is 0 Å². The molecule has 1 aromatic rings. The first-order valence-electron chi connectivity index (χ1n) is 5.53. The Balaban J connectivity index is 1.80. The molecule has 6 nitrogen and oxygen atoms in total. The van der Waals surface area contributed by atoms with Gasteiger partial charge in [-0.2, -0.15) is 0 Å². The number of β-amino-alcohol motifs (C(OH)–C–C–N with tert-alkyl or cyclic N) is 2. The molecule has 3 N–H and O–H groups in total. The zero-order valence-electron chi connectivity index (χ0n) is 9.57. The number of aliphatic hydroxyl groups excluding tert-OH is 2. The first kappa shape index (κ1) is 13.0. The molecule has 0 spiro atoms. The summed E-state index contributed by atoms with van der Waals surface area (Å²) in [5.74, 6) is -0.603. The number of hydrogen-bond acceptors (Lipinski definition) is 5. The van der Waals surface area contributed by atoms with Crippen LogP contribution in [0.1, 0.15) is 9.67 Å². The fourth-order valence-corrected chi connectivity index (χ4v) is 2.38. The molecule has 1 saturated heterocycles. The maximum Gasteiger partial charge on any atom is 0.261 e. The lowest BCUT2D eigenvalue weighted by Gasteiger charge is -2.15. The van der Waals surface area contributed by atoms with E-state index in [4.69, 9.17) is 0 Å². The summed E-state index contributed by atoms with van der Waals surface area (Å²) in [4.78, 5) is 25.2. The van der Waals surface area contributed by atoms with E-state index in [9.17, 15) is 19.8 Å². The zero-order valence-corrected chi connectivity index (χ0v) is 10.4. The normalized spacial score (nSPS) is 23.1. The maximum atomic E-state index is 11.7. The molecule has 2 unspecified atom stereocenters. The van der Waals surface area contributed by atoms with Crippen LogP contribution in [0, 0.1) is 0 Å². The van der Waals surface area contributed by atoms with Gasteiger partial charge in [-0.1, -0.05) is 6.07 Å². The van der Waals surface area contributed by atoms with Gasteiger partial charge in [0, 0.05) is 13.1 Å². The summed E-state index contributed by atoms with van der Waals surface area (Å²) in [6, 6.07) is 3.43. The van der Waals surface area contributed by atoms with Gasteiger partial charge in [-0.25, -0.2) is 0 Å². The fourth-order valence-electron chi connectivity index (χ4n) is 1.74. The Morgan fingerprint density at radius 3 is 2.61 bits per heavy atom. The minimum absolute atomic E-state index is 0.106. The fraction of sp³-hybridized carbons (Fsp3) is 0.455. The summed E-state index contributed by atoms with van der Waals surface area (Å²) in [5.41, 5.74) is 0. The summed E-state index contributed by atoms with van der Waals surface area (Å²) in [6.07, 6.45) is -1.80. The van der Waals surface area contributed by atoms with Crippen LogP contribution in [-0.4, -0.2) is 58.8 Å². The van der Waals surface area contributed by atoms with Crippen LogP contribution in [0.4, 0.5) is 0 Å². The van der Waals surface area contributed by atoms with Crippen molar-refractivity contribution >= 4 is 23.2 Å². The third-order valence-corrected chi connectivity index (χ3v) is 3.63. The van der Waals surface area contributed by atoms with E-state index in [0.29, 0.717) is 4.88 Å². The summed E-state index contributed by atoms with van der Waals surface area (Å²) in [6.45, 7) is 0.0833. The molecule has 0 saturated carbocycles. The number of nitrogens with one attached hydrogen (secondary N) is 1. The molecule has 98 valence electrons. The predicted molar refractivity (Wildman–Crippen MR) is 65.2 cm³/mol. The Morgan fingerprint density at radius 2 is 2.06 bits per heavy atom. The molecule has 0 bridgehead atoms. The summed E-state index contributed by atoms with van der Waals surface area (Å²) in [7, 11) is 0. The second-order valence-electron chi connectivity index (χ2n) is 4.09. The van der Waals surface area contributed by atoms with Crippen molar-refractivity contribution in [2.45, 2.75) is 12.2 Å². The summed E-state index contributed by atoms with van der Waals surface area (Å²) < 4.78 is 0. The Labute approximate surface area is 108 Å². The third kappa shape index (κ3) is 2.87. The van der Waals surface area contributed by atoms with Gasteiger partial charge in [0.15, 0.2) is 0 Å². The number of aliphatic hydroxyl groups is 2. The number of thiophene rings is 1. The molecule has 18 heavy (non-hydrogen) atoms. The highest BCUT2D eigenvalue weighted by molar-refractivity contribution is 7.12. The van der Waals surface area contributed by atoms with Gasteiger partial charge in [-0.3, -0.25) is 9.59 Å². The first-order chi connectivity index (χ1) is 8.58.